The van der Waals surface area contributed by atoms with E-state index in [1.165, 1.54) is 5.70 Å². The highest BCUT2D eigenvalue weighted by Crippen LogP contribution is 2.12. The molecule has 1 N–H and O–H groups in total. The second-order valence-electron chi connectivity index (χ2n) is 3.77. The molecule has 0 aromatic rings. The topological polar surface area (TPSA) is 24.5 Å². The summed E-state index contributed by atoms with van der Waals surface area (Å²) in [4.78, 5) is 2.40. The van der Waals surface area contributed by atoms with Gasteiger partial charge in [-0.25, -0.2) is 0 Å². The second-order valence-corrected chi connectivity index (χ2v) is 3.77. The number of nitrogens with zero attached hydrogens (tertiary/aromatic N) is 1. The minimum Gasteiger partial charge on any atom is -0.373 e. The van der Waals surface area contributed by atoms with Gasteiger partial charge in [0, 0.05) is 39.0 Å². The zero-order valence-electron chi connectivity index (χ0n) is 9.15. The minimum atomic E-state index is 0.113. The molecule has 0 spiro atoms. The Morgan fingerprint density at radius 1 is 1.33 bits per heavy atom. The molecule has 1 saturated heterocycles. The van der Waals surface area contributed by atoms with Gasteiger partial charge >= 0.3 is 0 Å². The summed E-state index contributed by atoms with van der Waals surface area (Å²) in [5.41, 5.74) is 1.28. The summed E-state index contributed by atoms with van der Waals surface area (Å²) in [6, 6.07) is 0. The van der Waals surface area contributed by atoms with Crippen molar-refractivity contribution in [1.29, 1.82) is 0 Å². The van der Waals surface area contributed by atoms with Crippen molar-refractivity contribution in [2.45, 2.75) is 6.10 Å². The van der Waals surface area contributed by atoms with Gasteiger partial charge in [0.15, 0.2) is 0 Å². The van der Waals surface area contributed by atoms with Crippen LogP contribution in [0.5, 0.6) is 0 Å². The van der Waals surface area contributed by atoms with Gasteiger partial charge in [0.1, 0.15) is 0 Å². The van der Waals surface area contributed by atoms with Crippen LogP contribution in [0.3, 0.4) is 0 Å². The van der Waals surface area contributed by atoms with Crippen LogP contribution in [0.4, 0.5) is 0 Å². The number of nitrogens with one attached hydrogen (secondary N) is 1. The van der Waals surface area contributed by atoms with Crippen LogP contribution in [0.2, 0.25) is 0 Å². The van der Waals surface area contributed by atoms with E-state index in [-0.39, 0.29) is 6.10 Å². The zero-order valence-corrected chi connectivity index (χ0v) is 9.15. The Balaban J connectivity index is 2.03. The molecule has 1 unspecified atom stereocenters. The molecule has 0 saturated carbocycles. The van der Waals surface area contributed by atoms with Crippen LogP contribution in [0.1, 0.15) is 0 Å². The molecule has 0 aromatic heterocycles. The van der Waals surface area contributed by atoms with E-state index in [0.29, 0.717) is 0 Å². The first-order valence-corrected chi connectivity index (χ1v) is 5.45. The monoisotopic (exact) mass is 206 g/mol. The zero-order chi connectivity index (χ0) is 10.5. The van der Waals surface area contributed by atoms with Crippen molar-refractivity contribution in [2.75, 3.05) is 33.3 Å². The molecule has 2 rings (SSSR count). The van der Waals surface area contributed by atoms with E-state index < -0.39 is 0 Å². The average Bonchev–Trinajstić information content (AvgIpc) is 2.55. The Morgan fingerprint density at radius 2 is 2.13 bits per heavy atom. The Morgan fingerprint density at radius 3 is 2.87 bits per heavy atom. The van der Waals surface area contributed by atoms with Gasteiger partial charge in [-0.2, -0.15) is 0 Å². The summed E-state index contributed by atoms with van der Waals surface area (Å²) >= 11 is 0. The molecule has 2 aliphatic rings. The Kier molecular flexibility index (Phi) is 3.59. The first-order chi connectivity index (χ1) is 7.40. The lowest BCUT2D eigenvalue weighted by Gasteiger charge is -2.30. The Labute approximate surface area is 91.1 Å². The predicted molar refractivity (Wildman–Crippen MR) is 61.6 cm³/mol. The van der Waals surface area contributed by atoms with Crippen LogP contribution in [0.15, 0.2) is 36.1 Å². The molecule has 0 amide bonds. The first kappa shape index (κ1) is 10.5. The average molecular weight is 206 g/mol. The van der Waals surface area contributed by atoms with E-state index in [0.717, 1.165) is 26.2 Å². The van der Waals surface area contributed by atoms with Crippen LogP contribution in [-0.4, -0.2) is 44.3 Å². The van der Waals surface area contributed by atoms with Crippen molar-refractivity contribution in [3.8, 4) is 0 Å². The van der Waals surface area contributed by atoms with Crippen molar-refractivity contribution >= 4 is 0 Å². The summed E-state index contributed by atoms with van der Waals surface area (Å²) in [6.07, 6.45) is 10.6. The van der Waals surface area contributed by atoms with E-state index in [1.54, 1.807) is 7.11 Å². The number of allylic oxidation sites excluding steroid dienone is 3. The van der Waals surface area contributed by atoms with E-state index in [2.05, 4.69) is 40.6 Å². The maximum atomic E-state index is 5.27. The van der Waals surface area contributed by atoms with Gasteiger partial charge in [0.2, 0.25) is 0 Å². The van der Waals surface area contributed by atoms with Crippen molar-refractivity contribution in [3.05, 3.63) is 36.1 Å². The highest BCUT2D eigenvalue weighted by atomic mass is 16.5. The Bertz CT molecular complexity index is 288. The van der Waals surface area contributed by atoms with Crippen LogP contribution in [0.25, 0.3) is 0 Å². The maximum absolute atomic E-state index is 5.27. The number of methoxy groups -OCH3 is 1. The fraction of sp³-hybridized carbons (Fsp3) is 0.500. The van der Waals surface area contributed by atoms with E-state index >= 15 is 0 Å². The minimum absolute atomic E-state index is 0.113. The molecule has 1 aliphatic carbocycles. The summed E-state index contributed by atoms with van der Waals surface area (Å²) in [5.74, 6) is 0. The predicted octanol–water partition coefficient (Wildman–Crippen LogP) is 0.916. The van der Waals surface area contributed by atoms with Crippen molar-refractivity contribution in [1.82, 2.24) is 10.2 Å². The molecule has 0 bridgehead atoms. The molecular weight excluding hydrogens is 188 g/mol. The second kappa shape index (κ2) is 5.14. The number of ether oxygens (including phenoxy) is 1. The maximum Gasteiger partial charge on any atom is 0.0940 e. The largest absolute Gasteiger partial charge is 0.373 e. The van der Waals surface area contributed by atoms with Crippen LogP contribution < -0.4 is 5.32 Å². The molecule has 82 valence electrons. The van der Waals surface area contributed by atoms with Crippen molar-refractivity contribution in [2.24, 2.45) is 0 Å². The summed E-state index contributed by atoms with van der Waals surface area (Å²) in [5, 5.41) is 3.35. The van der Waals surface area contributed by atoms with Gasteiger partial charge in [-0.3, -0.25) is 0 Å². The third-order valence-electron chi connectivity index (χ3n) is 2.78. The first-order valence-electron chi connectivity index (χ1n) is 5.45. The number of hydrogen-bond acceptors (Lipinski definition) is 3. The van der Waals surface area contributed by atoms with Crippen LogP contribution >= 0.6 is 0 Å². The smallest absolute Gasteiger partial charge is 0.0940 e. The third-order valence-corrected chi connectivity index (χ3v) is 2.78. The molecular formula is C12H18N2O. The lowest BCUT2D eigenvalue weighted by Crippen LogP contribution is -2.42. The number of rotatable bonds is 2. The molecule has 0 aromatic carbocycles. The van der Waals surface area contributed by atoms with E-state index in [1.807, 2.05) is 0 Å². The summed E-state index contributed by atoms with van der Waals surface area (Å²) in [7, 11) is 1.73. The molecule has 3 heteroatoms. The lowest BCUT2D eigenvalue weighted by molar-refractivity contribution is 0.177. The van der Waals surface area contributed by atoms with Gasteiger partial charge < -0.3 is 15.0 Å². The number of hydrogen-bond donors (Lipinski definition) is 1. The molecule has 3 nitrogen and oxygen atoms in total. The van der Waals surface area contributed by atoms with Gasteiger partial charge in [0.25, 0.3) is 0 Å². The van der Waals surface area contributed by atoms with Crippen LogP contribution in [-0.2, 0) is 4.74 Å². The normalized spacial score (nSPS) is 26.3. The Hall–Kier alpha value is -1.06. The molecule has 15 heavy (non-hydrogen) atoms. The molecule has 1 aliphatic heterocycles. The summed E-state index contributed by atoms with van der Waals surface area (Å²) in [6.45, 7) is 4.31. The van der Waals surface area contributed by atoms with E-state index in [4.69, 9.17) is 4.74 Å². The molecule has 1 fully saturated rings. The molecule has 1 heterocycles. The number of piperazine rings is 1. The standard InChI is InChI=1S/C12H18N2O/c1-15-12-4-2-3-11(5-6-12)14-9-7-13-8-10-14/h2-6,12-13H,7-10H2,1H3. The van der Waals surface area contributed by atoms with Crippen molar-refractivity contribution in [3.63, 3.8) is 0 Å². The van der Waals surface area contributed by atoms with Gasteiger partial charge in [-0.1, -0.05) is 12.2 Å². The highest BCUT2D eigenvalue weighted by molar-refractivity contribution is 5.29. The highest BCUT2D eigenvalue weighted by Gasteiger charge is 2.11. The fourth-order valence-corrected chi connectivity index (χ4v) is 1.87. The lowest BCUT2D eigenvalue weighted by atomic mass is 10.2. The van der Waals surface area contributed by atoms with Crippen molar-refractivity contribution < 1.29 is 4.74 Å². The SMILES string of the molecule is COC1C=CC=C(N2CCNCC2)C=C1. The third kappa shape index (κ3) is 2.70. The summed E-state index contributed by atoms with van der Waals surface area (Å²) < 4.78 is 5.27. The van der Waals surface area contributed by atoms with Gasteiger partial charge in [0.05, 0.1) is 6.10 Å². The quantitative estimate of drug-likeness (QED) is 0.727. The van der Waals surface area contributed by atoms with Gasteiger partial charge in [-0.05, 0) is 18.2 Å². The fourth-order valence-electron chi connectivity index (χ4n) is 1.87. The van der Waals surface area contributed by atoms with Crippen LogP contribution in [0, 0.1) is 0 Å². The molecule has 0 radical (unpaired) electrons. The molecule has 1 atom stereocenters. The van der Waals surface area contributed by atoms with E-state index in [9.17, 15) is 0 Å². The van der Waals surface area contributed by atoms with Gasteiger partial charge in [-0.15, -0.1) is 0 Å².